The molecule has 0 fully saturated rings. The highest BCUT2D eigenvalue weighted by molar-refractivity contribution is 7.09. The SMILES string of the molecule is Nc1c(NCCc2cccs2)ncnc1N1CCc2ccccc21. The first kappa shape index (κ1) is 15.0. The van der Waals surface area contributed by atoms with Crippen LogP contribution >= 0.6 is 11.3 Å². The first-order valence-electron chi connectivity index (χ1n) is 8.05. The van der Waals surface area contributed by atoms with E-state index in [2.05, 4.69) is 62.0 Å². The van der Waals surface area contributed by atoms with Crippen LogP contribution in [0.3, 0.4) is 0 Å². The molecule has 0 radical (unpaired) electrons. The van der Waals surface area contributed by atoms with Gasteiger partial charge in [0.2, 0.25) is 0 Å². The average molecular weight is 337 g/mol. The number of hydrogen-bond donors (Lipinski definition) is 2. The lowest BCUT2D eigenvalue weighted by atomic mass is 10.2. The van der Waals surface area contributed by atoms with Gasteiger partial charge < -0.3 is 16.0 Å². The molecular formula is C18H19N5S. The Labute approximate surface area is 145 Å². The highest BCUT2D eigenvalue weighted by atomic mass is 32.1. The van der Waals surface area contributed by atoms with Crippen molar-refractivity contribution in [2.75, 3.05) is 29.0 Å². The predicted molar refractivity (Wildman–Crippen MR) is 100 cm³/mol. The van der Waals surface area contributed by atoms with Crippen LogP contribution in [0.1, 0.15) is 10.4 Å². The Morgan fingerprint density at radius 1 is 1.17 bits per heavy atom. The minimum absolute atomic E-state index is 0.611. The Balaban J connectivity index is 1.53. The number of thiophene rings is 1. The van der Waals surface area contributed by atoms with Gasteiger partial charge in [0.15, 0.2) is 11.6 Å². The van der Waals surface area contributed by atoms with E-state index in [0.717, 1.165) is 31.7 Å². The molecule has 0 bridgehead atoms. The third-order valence-corrected chi connectivity index (χ3v) is 5.19. The molecule has 0 saturated heterocycles. The molecule has 1 aliphatic rings. The number of nitrogens with one attached hydrogen (secondary N) is 1. The Morgan fingerprint density at radius 3 is 2.96 bits per heavy atom. The molecule has 3 aromatic rings. The van der Waals surface area contributed by atoms with Gasteiger partial charge >= 0.3 is 0 Å². The van der Waals surface area contributed by atoms with Crippen molar-refractivity contribution in [1.82, 2.24) is 9.97 Å². The van der Waals surface area contributed by atoms with Crippen LogP contribution in [-0.2, 0) is 12.8 Å². The van der Waals surface area contributed by atoms with E-state index in [1.54, 1.807) is 17.7 Å². The summed E-state index contributed by atoms with van der Waals surface area (Å²) in [6.07, 6.45) is 3.56. The van der Waals surface area contributed by atoms with E-state index >= 15 is 0 Å². The second kappa shape index (κ2) is 6.49. The van der Waals surface area contributed by atoms with E-state index in [0.29, 0.717) is 11.5 Å². The van der Waals surface area contributed by atoms with E-state index < -0.39 is 0 Å². The number of nitrogens with two attached hydrogens (primary N) is 1. The fraction of sp³-hybridized carbons (Fsp3) is 0.222. The monoisotopic (exact) mass is 337 g/mol. The normalized spacial score (nSPS) is 13.1. The Kier molecular flexibility index (Phi) is 4.04. The van der Waals surface area contributed by atoms with Gasteiger partial charge in [0.05, 0.1) is 0 Å². The number of nitrogen functional groups attached to an aromatic ring is 1. The van der Waals surface area contributed by atoms with Gasteiger partial charge in [-0.15, -0.1) is 11.3 Å². The molecule has 4 rings (SSSR count). The van der Waals surface area contributed by atoms with Gasteiger partial charge in [0.25, 0.3) is 0 Å². The lowest BCUT2D eigenvalue weighted by molar-refractivity contribution is 0.961. The smallest absolute Gasteiger partial charge is 0.161 e. The molecule has 0 aliphatic carbocycles. The number of nitrogens with zero attached hydrogens (tertiary/aromatic N) is 3. The first-order chi connectivity index (χ1) is 11.8. The van der Waals surface area contributed by atoms with Crippen molar-refractivity contribution in [3.63, 3.8) is 0 Å². The summed E-state index contributed by atoms with van der Waals surface area (Å²) in [5.74, 6) is 1.49. The van der Waals surface area contributed by atoms with Gasteiger partial charge in [-0.25, -0.2) is 9.97 Å². The fourth-order valence-electron chi connectivity index (χ4n) is 3.06. The van der Waals surface area contributed by atoms with E-state index in [9.17, 15) is 0 Å². The summed E-state index contributed by atoms with van der Waals surface area (Å²) < 4.78 is 0. The maximum atomic E-state index is 6.35. The molecule has 0 amide bonds. The quantitative estimate of drug-likeness (QED) is 0.746. The number of rotatable bonds is 5. The van der Waals surface area contributed by atoms with Crippen LogP contribution < -0.4 is 16.0 Å². The van der Waals surface area contributed by atoms with Gasteiger partial charge in [0.1, 0.15) is 12.0 Å². The molecule has 122 valence electrons. The van der Waals surface area contributed by atoms with Crippen molar-refractivity contribution < 1.29 is 0 Å². The van der Waals surface area contributed by atoms with Gasteiger partial charge in [-0.3, -0.25) is 0 Å². The Hall–Kier alpha value is -2.60. The van der Waals surface area contributed by atoms with Crippen LogP contribution in [0.25, 0.3) is 0 Å². The number of benzene rings is 1. The molecular weight excluding hydrogens is 318 g/mol. The van der Waals surface area contributed by atoms with Crippen molar-refractivity contribution in [3.05, 3.63) is 58.5 Å². The van der Waals surface area contributed by atoms with Crippen LogP contribution in [0.15, 0.2) is 48.1 Å². The maximum absolute atomic E-state index is 6.35. The molecule has 5 nitrogen and oxygen atoms in total. The lowest BCUT2D eigenvalue weighted by Gasteiger charge is -2.21. The van der Waals surface area contributed by atoms with Crippen LogP contribution in [-0.4, -0.2) is 23.1 Å². The molecule has 1 aromatic carbocycles. The van der Waals surface area contributed by atoms with Crippen molar-refractivity contribution in [1.29, 1.82) is 0 Å². The second-order valence-electron chi connectivity index (χ2n) is 5.75. The minimum atomic E-state index is 0.611. The molecule has 0 atom stereocenters. The molecule has 1 aliphatic heterocycles. The van der Waals surface area contributed by atoms with Crippen LogP contribution in [0.4, 0.5) is 23.0 Å². The first-order valence-corrected chi connectivity index (χ1v) is 8.93. The van der Waals surface area contributed by atoms with Crippen molar-refractivity contribution in [3.8, 4) is 0 Å². The van der Waals surface area contributed by atoms with Gasteiger partial charge in [-0.2, -0.15) is 0 Å². The summed E-state index contributed by atoms with van der Waals surface area (Å²) in [5.41, 5.74) is 9.49. The number of hydrogen-bond acceptors (Lipinski definition) is 6. The molecule has 3 N–H and O–H groups in total. The predicted octanol–water partition coefficient (Wildman–Crippen LogP) is 3.47. The maximum Gasteiger partial charge on any atom is 0.161 e. The van der Waals surface area contributed by atoms with Crippen LogP contribution in [0.2, 0.25) is 0 Å². The molecule has 6 heteroatoms. The number of fused-ring (bicyclic) bond motifs is 1. The average Bonchev–Trinajstić information content (AvgIpc) is 3.26. The van der Waals surface area contributed by atoms with Crippen LogP contribution in [0.5, 0.6) is 0 Å². The Bertz CT molecular complexity index is 831. The van der Waals surface area contributed by atoms with Crippen LogP contribution in [0, 0.1) is 0 Å². The fourth-order valence-corrected chi connectivity index (χ4v) is 3.77. The third kappa shape index (κ3) is 2.80. The summed E-state index contributed by atoms with van der Waals surface area (Å²) in [4.78, 5) is 12.3. The zero-order valence-electron chi connectivity index (χ0n) is 13.3. The van der Waals surface area contributed by atoms with Gasteiger partial charge in [-0.1, -0.05) is 24.3 Å². The van der Waals surface area contributed by atoms with Crippen molar-refractivity contribution >= 4 is 34.3 Å². The molecule has 0 spiro atoms. The summed E-state index contributed by atoms with van der Waals surface area (Å²) in [5, 5.41) is 5.44. The third-order valence-electron chi connectivity index (χ3n) is 4.25. The van der Waals surface area contributed by atoms with E-state index in [4.69, 9.17) is 5.73 Å². The van der Waals surface area contributed by atoms with E-state index in [-0.39, 0.29) is 0 Å². The molecule has 3 heterocycles. The summed E-state index contributed by atoms with van der Waals surface area (Å²) >= 11 is 1.77. The molecule has 0 unspecified atom stereocenters. The molecule has 2 aromatic heterocycles. The largest absolute Gasteiger partial charge is 0.393 e. The van der Waals surface area contributed by atoms with Gasteiger partial charge in [0, 0.05) is 23.7 Å². The minimum Gasteiger partial charge on any atom is -0.393 e. The standard InChI is InChI=1S/C18H19N5S/c19-16-17(20-9-7-14-5-3-11-24-14)21-12-22-18(16)23-10-8-13-4-1-2-6-15(13)23/h1-6,11-12H,7-10,19H2,(H,20,21,22). The number of aromatic nitrogens is 2. The Morgan fingerprint density at radius 2 is 2.08 bits per heavy atom. The van der Waals surface area contributed by atoms with E-state index in [1.165, 1.54) is 16.1 Å². The van der Waals surface area contributed by atoms with Crippen molar-refractivity contribution in [2.24, 2.45) is 0 Å². The second-order valence-corrected chi connectivity index (χ2v) is 6.78. The zero-order chi connectivity index (χ0) is 16.4. The summed E-state index contributed by atoms with van der Waals surface area (Å²) in [6, 6.07) is 12.6. The highest BCUT2D eigenvalue weighted by Crippen LogP contribution is 2.37. The number of anilines is 4. The lowest BCUT2D eigenvalue weighted by Crippen LogP contribution is -2.18. The van der Waals surface area contributed by atoms with E-state index in [1.807, 2.05) is 0 Å². The number of para-hydroxylation sites is 1. The summed E-state index contributed by atoms with van der Waals surface area (Å²) in [6.45, 7) is 1.70. The zero-order valence-corrected chi connectivity index (χ0v) is 14.1. The van der Waals surface area contributed by atoms with Crippen molar-refractivity contribution in [2.45, 2.75) is 12.8 Å². The molecule has 0 saturated carbocycles. The molecule has 24 heavy (non-hydrogen) atoms. The highest BCUT2D eigenvalue weighted by Gasteiger charge is 2.23. The van der Waals surface area contributed by atoms with Gasteiger partial charge in [-0.05, 0) is 35.9 Å². The topological polar surface area (TPSA) is 67.1 Å². The summed E-state index contributed by atoms with van der Waals surface area (Å²) in [7, 11) is 0.